The Kier molecular flexibility index (Phi) is 5.17. The Balaban J connectivity index is 1.63. The zero-order chi connectivity index (χ0) is 22.1. The van der Waals surface area contributed by atoms with Crippen LogP contribution in [0, 0.1) is 0 Å². The van der Waals surface area contributed by atoms with Crippen LogP contribution in [0.1, 0.15) is 16.1 Å². The molecule has 2 N–H and O–H groups in total. The number of hydrogen-bond donors (Lipinski definition) is 2. The first-order valence-electron chi connectivity index (χ1n) is 10.1. The van der Waals surface area contributed by atoms with Crippen LogP contribution in [-0.2, 0) is 6.54 Å². The average molecular weight is 443 g/mol. The van der Waals surface area contributed by atoms with Crippen molar-refractivity contribution in [1.82, 2.24) is 29.8 Å². The van der Waals surface area contributed by atoms with Gasteiger partial charge in [-0.2, -0.15) is 0 Å². The minimum Gasteiger partial charge on any atom is -0.355 e. The molecule has 5 aromatic rings. The summed E-state index contributed by atoms with van der Waals surface area (Å²) in [4.78, 5) is 29.4. The maximum Gasteiger partial charge on any atom is 0.251 e. The van der Waals surface area contributed by atoms with E-state index in [1.807, 2.05) is 54.7 Å². The highest BCUT2D eigenvalue weighted by Crippen LogP contribution is 2.28. The Bertz CT molecular complexity index is 1410. The molecule has 5 rings (SSSR count). The van der Waals surface area contributed by atoms with E-state index in [-0.39, 0.29) is 5.91 Å². The van der Waals surface area contributed by atoms with Gasteiger partial charge in [-0.1, -0.05) is 17.7 Å². The molecule has 0 unspecified atom stereocenters. The molecule has 0 fully saturated rings. The van der Waals surface area contributed by atoms with Gasteiger partial charge in [0.05, 0.1) is 23.3 Å². The largest absolute Gasteiger partial charge is 0.355 e. The van der Waals surface area contributed by atoms with Crippen molar-refractivity contribution in [3.63, 3.8) is 0 Å². The van der Waals surface area contributed by atoms with Crippen molar-refractivity contribution in [1.29, 1.82) is 0 Å². The number of amides is 1. The van der Waals surface area contributed by atoms with Gasteiger partial charge in [0.2, 0.25) is 0 Å². The van der Waals surface area contributed by atoms with Crippen LogP contribution in [0.25, 0.3) is 33.9 Å². The van der Waals surface area contributed by atoms with Gasteiger partial charge in [0.1, 0.15) is 11.5 Å². The van der Waals surface area contributed by atoms with Crippen molar-refractivity contribution >= 4 is 28.5 Å². The van der Waals surface area contributed by atoms with Gasteiger partial charge < -0.3 is 14.9 Å². The molecular weight excluding hydrogens is 424 g/mol. The molecule has 0 saturated carbocycles. The summed E-state index contributed by atoms with van der Waals surface area (Å²) < 4.78 is 2.06. The third-order valence-corrected chi connectivity index (χ3v) is 5.46. The minimum atomic E-state index is -0.155. The van der Waals surface area contributed by atoms with E-state index in [1.54, 1.807) is 25.4 Å². The predicted octanol–water partition coefficient (Wildman–Crippen LogP) is 4.55. The lowest BCUT2D eigenvalue weighted by atomic mass is 10.2. The fourth-order valence-electron chi connectivity index (χ4n) is 3.62. The van der Waals surface area contributed by atoms with Gasteiger partial charge >= 0.3 is 0 Å². The van der Waals surface area contributed by atoms with E-state index in [2.05, 4.69) is 19.9 Å². The summed E-state index contributed by atoms with van der Waals surface area (Å²) in [5, 5.41) is 3.33. The van der Waals surface area contributed by atoms with Gasteiger partial charge in [0.25, 0.3) is 5.91 Å². The Morgan fingerprint density at radius 3 is 2.69 bits per heavy atom. The fourth-order valence-corrected chi connectivity index (χ4v) is 3.74. The van der Waals surface area contributed by atoms with E-state index >= 15 is 0 Å². The minimum absolute atomic E-state index is 0.155. The first-order valence-corrected chi connectivity index (χ1v) is 10.4. The van der Waals surface area contributed by atoms with Crippen molar-refractivity contribution in [3.8, 4) is 22.9 Å². The van der Waals surface area contributed by atoms with Crippen LogP contribution in [0.5, 0.6) is 0 Å². The lowest BCUT2D eigenvalue weighted by Crippen LogP contribution is -2.17. The van der Waals surface area contributed by atoms with Crippen LogP contribution in [0.4, 0.5) is 0 Å². The van der Waals surface area contributed by atoms with Gasteiger partial charge in [-0.25, -0.2) is 9.97 Å². The molecule has 0 aliphatic heterocycles. The van der Waals surface area contributed by atoms with Crippen LogP contribution < -0.4 is 5.32 Å². The Hall–Kier alpha value is -3.97. The van der Waals surface area contributed by atoms with Crippen LogP contribution >= 0.6 is 11.6 Å². The molecule has 7 nitrogen and oxygen atoms in total. The molecule has 1 amide bonds. The second kappa shape index (κ2) is 8.28. The molecule has 3 heterocycles. The number of nitrogens with zero attached hydrogens (tertiary/aromatic N) is 4. The quantitative estimate of drug-likeness (QED) is 0.418. The number of hydrogen-bond acceptors (Lipinski definition) is 4. The molecule has 0 atom stereocenters. The van der Waals surface area contributed by atoms with Crippen LogP contribution in [0.15, 0.2) is 73.1 Å². The van der Waals surface area contributed by atoms with Gasteiger partial charge in [0, 0.05) is 35.6 Å². The summed E-state index contributed by atoms with van der Waals surface area (Å²) in [5.74, 6) is 1.26. The summed E-state index contributed by atoms with van der Waals surface area (Å²) in [5.41, 5.74) is 4.69. The average Bonchev–Trinajstić information content (AvgIpc) is 3.45. The number of aromatic amines is 1. The third-order valence-electron chi connectivity index (χ3n) is 5.21. The van der Waals surface area contributed by atoms with E-state index in [9.17, 15) is 4.79 Å². The maximum atomic E-state index is 12.1. The Morgan fingerprint density at radius 1 is 1.09 bits per heavy atom. The maximum absolute atomic E-state index is 12.1. The normalized spacial score (nSPS) is 11.1. The monoisotopic (exact) mass is 442 g/mol. The highest BCUT2D eigenvalue weighted by molar-refractivity contribution is 6.30. The van der Waals surface area contributed by atoms with E-state index < -0.39 is 0 Å². The van der Waals surface area contributed by atoms with Gasteiger partial charge in [-0.05, 0) is 54.6 Å². The molecule has 8 heteroatoms. The number of rotatable bonds is 5. The van der Waals surface area contributed by atoms with Crippen molar-refractivity contribution in [2.45, 2.75) is 6.54 Å². The number of carbonyl (C=O) groups excluding carboxylic acids is 1. The number of nitrogens with one attached hydrogen (secondary N) is 2. The molecule has 2 aromatic carbocycles. The van der Waals surface area contributed by atoms with E-state index in [4.69, 9.17) is 21.6 Å². The van der Waals surface area contributed by atoms with Crippen LogP contribution in [0.2, 0.25) is 5.02 Å². The molecule has 158 valence electrons. The summed E-state index contributed by atoms with van der Waals surface area (Å²) in [6.07, 6.45) is 3.60. The van der Waals surface area contributed by atoms with Gasteiger partial charge in [-0.3, -0.25) is 9.78 Å². The number of pyridine rings is 1. The molecule has 0 aliphatic carbocycles. The van der Waals surface area contributed by atoms with Gasteiger partial charge in [0.15, 0.2) is 5.82 Å². The number of aromatic nitrogens is 5. The number of carbonyl (C=O) groups is 1. The highest BCUT2D eigenvalue weighted by atomic mass is 35.5. The fraction of sp³-hybridized carbons (Fsp3) is 0.0833. The smallest absolute Gasteiger partial charge is 0.251 e. The Morgan fingerprint density at radius 2 is 1.94 bits per heavy atom. The molecule has 0 spiro atoms. The first-order chi connectivity index (χ1) is 15.6. The second-order valence-corrected chi connectivity index (χ2v) is 7.70. The van der Waals surface area contributed by atoms with E-state index in [0.717, 1.165) is 22.6 Å². The molecule has 0 radical (unpaired) electrons. The third kappa shape index (κ3) is 3.74. The molecule has 0 bridgehead atoms. The molecule has 32 heavy (non-hydrogen) atoms. The van der Waals surface area contributed by atoms with Crippen molar-refractivity contribution in [2.75, 3.05) is 7.05 Å². The topological polar surface area (TPSA) is 88.5 Å². The van der Waals surface area contributed by atoms with Crippen molar-refractivity contribution in [2.24, 2.45) is 0 Å². The van der Waals surface area contributed by atoms with E-state index in [0.29, 0.717) is 34.2 Å². The van der Waals surface area contributed by atoms with Crippen LogP contribution in [0.3, 0.4) is 0 Å². The standard InChI is InChI=1S/C24H19ClN6O/c1-26-24(32)16-7-10-21-19(12-16)30-23(31(21)14-18-4-2-3-11-27-18)20-13-28-22(29-20)15-5-8-17(25)9-6-15/h2-13H,14H2,1H3,(H,26,32)(H,28,29). The van der Waals surface area contributed by atoms with E-state index in [1.165, 1.54) is 0 Å². The number of halogens is 1. The Labute approximate surface area is 189 Å². The van der Waals surface area contributed by atoms with Crippen molar-refractivity contribution < 1.29 is 4.79 Å². The predicted molar refractivity (Wildman–Crippen MR) is 124 cm³/mol. The number of imidazole rings is 2. The lowest BCUT2D eigenvalue weighted by Gasteiger charge is -2.08. The number of fused-ring (bicyclic) bond motifs is 1. The van der Waals surface area contributed by atoms with Gasteiger partial charge in [-0.15, -0.1) is 0 Å². The summed E-state index contributed by atoms with van der Waals surface area (Å²) in [6.45, 7) is 0.523. The highest BCUT2D eigenvalue weighted by Gasteiger charge is 2.18. The lowest BCUT2D eigenvalue weighted by molar-refractivity contribution is 0.0963. The summed E-state index contributed by atoms with van der Waals surface area (Å²) in [6, 6.07) is 18.8. The SMILES string of the molecule is CNC(=O)c1ccc2c(c1)nc(-c1c[nH]c(-c3ccc(Cl)cc3)n1)n2Cc1ccccn1. The number of benzene rings is 2. The second-order valence-electron chi connectivity index (χ2n) is 7.27. The molecule has 3 aromatic heterocycles. The first kappa shape index (κ1) is 20.0. The molecule has 0 saturated heterocycles. The molecular formula is C24H19ClN6O. The summed E-state index contributed by atoms with van der Waals surface area (Å²) >= 11 is 6.01. The summed E-state index contributed by atoms with van der Waals surface area (Å²) in [7, 11) is 1.61. The molecule has 0 aliphatic rings. The van der Waals surface area contributed by atoms with Crippen LogP contribution in [-0.4, -0.2) is 37.5 Å². The number of H-pyrrole nitrogens is 1. The van der Waals surface area contributed by atoms with Crippen molar-refractivity contribution in [3.05, 3.63) is 89.3 Å². The zero-order valence-corrected chi connectivity index (χ0v) is 18.0. The zero-order valence-electron chi connectivity index (χ0n) is 17.2.